The van der Waals surface area contributed by atoms with E-state index in [4.69, 9.17) is 0 Å². The van der Waals surface area contributed by atoms with Crippen LogP contribution in [0, 0.1) is 16.7 Å². The number of benzene rings is 1. The fourth-order valence-electron chi connectivity index (χ4n) is 4.74. The van der Waals surface area contributed by atoms with Crippen LogP contribution in [0.25, 0.3) is 5.57 Å². The minimum atomic E-state index is -4.71. The number of nitrogens with zero attached hydrogens (tertiary/aromatic N) is 3. The Morgan fingerprint density at radius 1 is 1.29 bits per heavy atom. The van der Waals surface area contributed by atoms with Crippen molar-refractivity contribution in [1.82, 2.24) is 9.97 Å². The molecular formula is C25H28F3N5O2. The highest BCUT2D eigenvalue weighted by Gasteiger charge is 2.36. The molecule has 0 saturated heterocycles. The van der Waals surface area contributed by atoms with Gasteiger partial charge in [0.1, 0.15) is 23.2 Å². The Balaban J connectivity index is 1.36. The number of ether oxygens (including phenoxy) is 1. The number of nitrogens with one attached hydrogen (secondary N) is 2. The first-order valence-electron chi connectivity index (χ1n) is 11.6. The maximum Gasteiger partial charge on any atom is 0.573 e. The largest absolute Gasteiger partial charge is 0.573 e. The minimum absolute atomic E-state index is 0.0922. The van der Waals surface area contributed by atoms with E-state index in [1.54, 1.807) is 6.07 Å². The van der Waals surface area contributed by atoms with Gasteiger partial charge < -0.3 is 20.5 Å². The molecule has 2 aliphatic rings. The predicted molar refractivity (Wildman–Crippen MR) is 126 cm³/mol. The quantitative estimate of drug-likeness (QED) is 0.503. The van der Waals surface area contributed by atoms with E-state index in [-0.39, 0.29) is 23.3 Å². The predicted octanol–water partition coefficient (Wildman–Crippen LogP) is 5.04. The normalized spacial score (nSPS) is 21.0. The molecule has 7 nitrogen and oxygen atoms in total. The molecule has 10 heteroatoms. The fraction of sp³-hybridized carbons (Fsp3) is 0.480. The van der Waals surface area contributed by atoms with Gasteiger partial charge in [0.15, 0.2) is 0 Å². The number of halogens is 3. The summed E-state index contributed by atoms with van der Waals surface area (Å²) >= 11 is 0. The van der Waals surface area contributed by atoms with Gasteiger partial charge in [-0.05, 0) is 66.4 Å². The third-order valence-electron chi connectivity index (χ3n) is 6.62. The summed E-state index contributed by atoms with van der Waals surface area (Å²) in [7, 11) is 0. The zero-order chi connectivity index (χ0) is 25.2. The molecule has 35 heavy (non-hydrogen) atoms. The Bertz CT molecular complexity index is 1160. The van der Waals surface area contributed by atoms with Gasteiger partial charge in [-0.15, -0.1) is 13.2 Å². The number of aromatic nitrogens is 2. The second-order valence-electron chi connectivity index (χ2n) is 9.67. The van der Waals surface area contributed by atoms with E-state index in [0.29, 0.717) is 43.1 Å². The van der Waals surface area contributed by atoms with Crippen LogP contribution >= 0.6 is 0 Å². The molecule has 1 saturated carbocycles. The van der Waals surface area contributed by atoms with Gasteiger partial charge in [0.05, 0.1) is 12.3 Å². The first-order valence-corrected chi connectivity index (χ1v) is 11.6. The first-order chi connectivity index (χ1) is 16.5. The third-order valence-corrected chi connectivity index (χ3v) is 6.62. The van der Waals surface area contributed by atoms with Crippen LogP contribution in [0.2, 0.25) is 0 Å². The van der Waals surface area contributed by atoms with Crippen molar-refractivity contribution in [3.05, 3.63) is 47.2 Å². The zero-order valence-electron chi connectivity index (χ0n) is 19.6. The van der Waals surface area contributed by atoms with E-state index in [1.165, 1.54) is 18.3 Å². The van der Waals surface area contributed by atoms with E-state index in [2.05, 4.69) is 31.4 Å². The molecule has 2 aliphatic carbocycles. The second kappa shape index (κ2) is 9.74. The Morgan fingerprint density at radius 2 is 2.09 bits per heavy atom. The van der Waals surface area contributed by atoms with Crippen molar-refractivity contribution in [2.45, 2.75) is 64.5 Å². The standard InChI is InChI=1S/C25H28F3N5O2/c1-24(2)12-18(5-8-21(24)34)32-22-17(13-29)14-31-23(33-22)30-10-9-15-3-4-16-11-19(6-7-20(15)16)35-25(26,27)28/h3,6-7,11,14,18,21,34H,4-5,8-10,12H2,1-2H3,(H2,30,31,32,33)/t18-,21+/m1/s1. The lowest BCUT2D eigenvalue weighted by Crippen LogP contribution is -2.41. The van der Waals surface area contributed by atoms with Gasteiger partial charge in [-0.3, -0.25) is 0 Å². The van der Waals surface area contributed by atoms with Crippen molar-refractivity contribution in [2.75, 3.05) is 17.2 Å². The van der Waals surface area contributed by atoms with Gasteiger partial charge in [-0.2, -0.15) is 10.2 Å². The van der Waals surface area contributed by atoms with E-state index in [9.17, 15) is 23.5 Å². The van der Waals surface area contributed by atoms with Gasteiger partial charge in [0, 0.05) is 12.6 Å². The molecule has 0 amide bonds. The number of alkyl halides is 3. The number of anilines is 2. The topological polar surface area (TPSA) is 103 Å². The number of aliphatic hydroxyl groups is 1. The first kappa shape index (κ1) is 24.8. The van der Waals surface area contributed by atoms with Crippen LogP contribution in [0.5, 0.6) is 5.75 Å². The van der Waals surface area contributed by atoms with Crippen molar-refractivity contribution in [3.63, 3.8) is 0 Å². The lowest BCUT2D eigenvalue weighted by atomic mass is 9.73. The SMILES string of the molecule is CC1(C)C[C@H](Nc2nc(NCCC3=CCc4cc(OC(F)(F)F)ccc43)ncc2C#N)CC[C@@H]1O. The summed E-state index contributed by atoms with van der Waals surface area (Å²) in [6.07, 6.45) is 1.82. The van der Waals surface area contributed by atoms with Crippen molar-refractivity contribution >= 4 is 17.3 Å². The molecule has 2 aromatic rings. The number of nitriles is 1. The maximum absolute atomic E-state index is 12.5. The summed E-state index contributed by atoms with van der Waals surface area (Å²) in [4.78, 5) is 8.73. The van der Waals surface area contributed by atoms with Crippen LogP contribution in [-0.4, -0.2) is 40.1 Å². The van der Waals surface area contributed by atoms with Crippen molar-refractivity contribution in [1.29, 1.82) is 5.26 Å². The molecule has 0 unspecified atom stereocenters. The monoisotopic (exact) mass is 487 g/mol. The lowest BCUT2D eigenvalue weighted by molar-refractivity contribution is -0.274. The zero-order valence-corrected chi connectivity index (χ0v) is 19.6. The van der Waals surface area contributed by atoms with E-state index < -0.39 is 6.36 Å². The van der Waals surface area contributed by atoms with Crippen LogP contribution in [0.4, 0.5) is 24.9 Å². The van der Waals surface area contributed by atoms with Crippen molar-refractivity contribution in [3.8, 4) is 11.8 Å². The van der Waals surface area contributed by atoms with Crippen molar-refractivity contribution < 1.29 is 23.0 Å². The average molecular weight is 488 g/mol. The highest BCUT2D eigenvalue weighted by Crippen LogP contribution is 2.37. The highest BCUT2D eigenvalue weighted by molar-refractivity contribution is 5.74. The van der Waals surface area contributed by atoms with Gasteiger partial charge in [-0.25, -0.2) is 4.98 Å². The number of rotatable bonds is 7. The Labute approximate surface area is 202 Å². The molecule has 0 radical (unpaired) electrons. The molecule has 4 rings (SSSR count). The molecule has 186 valence electrons. The summed E-state index contributed by atoms with van der Waals surface area (Å²) < 4.78 is 41.4. The molecule has 0 aliphatic heterocycles. The maximum atomic E-state index is 12.5. The van der Waals surface area contributed by atoms with Gasteiger partial charge >= 0.3 is 6.36 Å². The molecule has 2 atom stereocenters. The van der Waals surface area contributed by atoms with E-state index in [1.807, 2.05) is 19.9 Å². The smallest absolute Gasteiger partial charge is 0.406 e. The summed E-state index contributed by atoms with van der Waals surface area (Å²) in [5.74, 6) is 0.630. The van der Waals surface area contributed by atoms with E-state index >= 15 is 0 Å². The van der Waals surface area contributed by atoms with Crippen LogP contribution in [0.15, 0.2) is 30.5 Å². The third kappa shape index (κ3) is 6.03. The van der Waals surface area contributed by atoms with Crippen molar-refractivity contribution in [2.24, 2.45) is 5.41 Å². The number of hydrogen-bond donors (Lipinski definition) is 3. The highest BCUT2D eigenvalue weighted by atomic mass is 19.4. The molecule has 1 fully saturated rings. The number of aliphatic hydroxyl groups excluding tert-OH is 1. The molecule has 0 bridgehead atoms. The number of allylic oxidation sites excluding steroid dienone is 1. The molecule has 3 N–H and O–H groups in total. The average Bonchev–Trinajstić information content (AvgIpc) is 3.17. The summed E-state index contributed by atoms with van der Waals surface area (Å²) in [6, 6.07) is 6.61. The molecular weight excluding hydrogens is 459 g/mol. The Hall–Kier alpha value is -3.32. The minimum Gasteiger partial charge on any atom is -0.406 e. The summed E-state index contributed by atoms with van der Waals surface area (Å²) in [6.45, 7) is 4.58. The van der Waals surface area contributed by atoms with Gasteiger partial charge in [0.25, 0.3) is 0 Å². The van der Waals surface area contributed by atoms with Gasteiger partial charge in [0.2, 0.25) is 5.95 Å². The second-order valence-corrected chi connectivity index (χ2v) is 9.67. The van der Waals surface area contributed by atoms with Crippen LogP contribution in [-0.2, 0) is 6.42 Å². The van der Waals surface area contributed by atoms with E-state index in [0.717, 1.165) is 29.5 Å². The summed E-state index contributed by atoms with van der Waals surface area (Å²) in [5.41, 5.74) is 2.86. The van der Waals surface area contributed by atoms with Gasteiger partial charge in [-0.1, -0.05) is 26.0 Å². The molecule has 1 heterocycles. The Morgan fingerprint density at radius 3 is 2.80 bits per heavy atom. The molecule has 0 spiro atoms. The fourth-order valence-corrected chi connectivity index (χ4v) is 4.74. The summed E-state index contributed by atoms with van der Waals surface area (Å²) in [5, 5.41) is 26.2. The number of fused-ring (bicyclic) bond motifs is 1. The van der Waals surface area contributed by atoms with Crippen LogP contribution < -0.4 is 15.4 Å². The Kier molecular flexibility index (Phi) is 6.90. The molecule has 1 aromatic carbocycles. The van der Waals surface area contributed by atoms with Crippen LogP contribution in [0.3, 0.4) is 0 Å². The lowest BCUT2D eigenvalue weighted by Gasteiger charge is -2.40. The number of hydrogen-bond acceptors (Lipinski definition) is 7. The van der Waals surface area contributed by atoms with Crippen LogP contribution in [0.1, 0.15) is 56.2 Å². The molecule has 1 aromatic heterocycles.